The number of carbonyl (C=O) groups is 4. The van der Waals surface area contributed by atoms with Crippen molar-refractivity contribution in [1.82, 2.24) is 14.9 Å². The lowest BCUT2D eigenvalue weighted by Crippen LogP contribution is -2.56. The van der Waals surface area contributed by atoms with Gasteiger partial charge in [-0.3, -0.25) is 9.59 Å². The summed E-state index contributed by atoms with van der Waals surface area (Å²) in [5.41, 5.74) is 1.81. The van der Waals surface area contributed by atoms with E-state index in [2.05, 4.69) is 0 Å². The molecule has 0 aromatic heterocycles. The number of carboxylic acids is 1. The van der Waals surface area contributed by atoms with Crippen LogP contribution in [0.3, 0.4) is 0 Å². The molecular weight excluding hydrogens is 434 g/mol. The fourth-order valence-corrected chi connectivity index (χ4v) is 3.92. The van der Waals surface area contributed by atoms with Crippen LogP contribution in [0.4, 0.5) is 4.79 Å². The van der Waals surface area contributed by atoms with Gasteiger partial charge < -0.3 is 10.0 Å². The summed E-state index contributed by atoms with van der Waals surface area (Å²) < 4.78 is 0. The molecule has 4 rings (SSSR count). The third-order valence-corrected chi connectivity index (χ3v) is 5.74. The van der Waals surface area contributed by atoms with Crippen molar-refractivity contribution < 1.29 is 24.3 Å². The molecule has 3 aromatic rings. The third kappa shape index (κ3) is 4.38. The van der Waals surface area contributed by atoms with Crippen molar-refractivity contribution in [2.24, 2.45) is 0 Å². The number of urea groups is 1. The maximum atomic E-state index is 13.7. The monoisotopic (exact) mass is 457 g/mol. The van der Waals surface area contributed by atoms with Crippen LogP contribution in [0.15, 0.2) is 84.9 Å². The number of nitrogens with zero attached hydrogens (tertiary/aromatic N) is 3. The van der Waals surface area contributed by atoms with Gasteiger partial charge in [0.1, 0.15) is 6.04 Å². The minimum absolute atomic E-state index is 0.0692. The molecule has 8 nitrogen and oxygen atoms in total. The predicted octanol–water partition coefficient (Wildman–Crippen LogP) is 3.45. The third-order valence-electron chi connectivity index (χ3n) is 5.74. The molecule has 1 unspecified atom stereocenters. The summed E-state index contributed by atoms with van der Waals surface area (Å²) in [5.74, 6) is -2.46. The minimum Gasteiger partial charge on any atom is -0.480 e. The van der Waals surface area contributed by atoms with E-state index in [-0.39, 0.29) is 24.1 Å². The average molecular weight is 457 g/mol. The molecule has 8 heteroatoms. The molecule has 3 aromatic carbocycles. The van der Waals surface area contributed by atoms with E-state index in [0.29, 0.717) is 5.56 Å². The van der Waals surface area contributed by atoms with E-state index in [1.165, 1.54) is 19.2 Å². The first-order valence-corrected chi connectivity index (χ1v) is 10.7. The van der Waals surface area contributed by atoms with Crippen molar-refractivity contribution in [2.45, 2.75) is 19.0 Å². The lowest BCUT2D eigenvalue weighted by atomic mass is 10.1. The Morgan fingerprint density at radius 1 is 0.794 bits per heavy atom. The Morgan fingerprint density at radius 3 is 1.76 bits per heavy atom. The Hall–Kier alpha value is -4.46. The van der Waals surface area contributed by atoms with E-state index < -0.39 is 29.9 Å². The normalized spacial score (nSPS) is 13.4. The van der Waals surface area contributed by atoms with Crippen LogP contribution in [0, 0.1) is 0 Å². The molecular formula is C26H23N3O5. The van der Waals surface area contributed by atoms with E-state index >= 15 is 0 Å². The zero-order valence-corrected chi connectivity index (χ0v) is 18.5. The molecule has 0 saturated heterocycles. The number of aliphatic carboxylic acids is 1. The number of benzene rings is 3. The molecule has 0 fully saturated rings. The molecule has 1 atom stereocenters. The van der Waals surface area contributed by atoms with Gasteiger partial charge in [0.2, 0.25) is 0 Å². The SMILES string of the molecule is CN(C(=O)N(Cc1ccccc1)N1C(=O)c2ccccc2C1=O)C(Cc1ccccc1)C(=O)O. The fraction of sp³-hybridized carbons (Fsp3) is 0.154. The van der Waals surface area contributed by atoms with Gasteiger partial charge >= 0.3 is 12.0 Å². The van der Waals surface area contributed by atoms with Gasteiger partial charge in [0.05, 0.1) is 17.7 Å². The highest BCUT2D eigenvalue weighted by atomic mass is 16.4. The fourth-order valence-electron chi connectivity index (χ4n) is 3.92. The molecule has 0 aliphatic carbocycles. The van der Waals surface area contributed by atoms with E-state index in [1.807, 2.05) is 12.1 Å². The number of hydrogen-bond donors (Lipinski definition) is 1. The van der Waals surface area contributed by atoms with Crippen LogP contribution in [-0.4, -0.2) is 56.9 Å². The van der Waals surface area contributed by atoms with Crippen LogP contribution in [0.1, 0.15) is 31.8 Å². The summed E-state index contributed by atoms with van der Waals surface area (Å²) in [5, 5.41) is 11.7. The van der Waals surface area contributed by atoms with Crippen molar-refractivity contribution in [2.75, 3.05) is 7.05 Å². The molecule has 4 amide bonds. The van der Waals surface area contributed by atoms with Gasteiger partial charge in [0.15, 0.2) is 0 Å². The van der Waals surface area contributed by atoms with Crippen molar-refractivity contribution in [3.8, 4) is 0 Å². The molecule has 0 saturated carbocycles. The van der Waals surface area contributed by atoms with Gasteiger partial charge in [-0.15, -0.1) is 0 Å². The highest BCUT2D eigenvalue weighted by molar-refractivity contribution is 6.21. The van der Waals surface area contributed by atoms with Gasteiger partial charge in [0.25, 0.3) is 11.8 Å². The van der Waals surface area contributed by atoms with Crippen LogP contribution in [0.2, 0.25) is 0 Å². The lowest BCUT2D eigenvalue weighted by Gasteiger charge is -2.35. The van der Waals surface area contributed by atoms with Crippen molar-refractivity contribution in [3.05, 3.63) is 107 Å². The summed E-state index contributed by atoms with van der Waals surface area (Å²) in [4.78, 5) is 53.1. The Labute approximate surface area is 196 Å². The smallest absolute Gasteiger partial charge is 0.340 e. The van der Waals surface area contributed by atoms with E-state index in [1.54, 1.807) is 60.7 Å². The van der Waals surface area contributed by atoms with Gasteiger partial charge in [0, 0.05) is 13.5 Å². The number of fused-ring (bicyclic) bond motifs is 1. The van der Waals surface area contributed by atoms with E-state index in [4.69, 9.17) is 0 Å². The van der Waals surface area contributed by atoms with Crippen molar-refractivity contribution >= 4 is 23.8 Å². The molecule has 1 aliphatic heterocycles. The second kappa shape index (κ2) is 9.58. The summed E-state index contributed by atoms with van der Waals surface area (Å²) in [6.07, 6.45) is 0.0692. The summed E-state index contributed by atoms with van der Waals surface area (Å²) in [6.45, 7) is -0.0901. The van der Waals surface area contributed by atoms with Crippen molar-refractivity contribution in [1.29, 1.82) is 0 Å². The Morgan fingerprint density at radius 2 is 1.26 bits per heavy atom. The lowest BCUT2D eigenvalue weighted by molar-refractivity contribution is -0.142. The molecule has 1 N–H and O–H groups in total. The summed E-state index contributed by atoms with van der Waals surface area (Å²) >= 11 is 0. The molecule has 1 heterocycles. The average Bonchev–Trinajstić information content (AvgIpc) is 3.11. The number of amides is 4. The number of carbonyl (C=O) groups excluding carboxylic acids is 3. The number of carboxylic acid groups (broad SMARTS) is 1. The Bertz CT molecular complexity index is 1190. The number of likely N-dealkylation sites (N-methyl/N-ethyl adjacent to an activating group) is 1. The maximum Gasteiger partial charge on any atom is 0.340 e. The Kier molecular flexibility index (Phi) is 6.40. The predicted molar refractivity (Wildman–Crippen MR) is 124 cm³/mol. The second-order valence-electron chi connectivity index (χ2n) is 7.95. The van der Waals surface area contributed by atoms with Gasteiger partial charge in [-0.05, 0) is 23.3 Å². The quantitative estimate of drug-likeness (QED) is 0.548. The van der Waals surface area contributed by atoms with Crippen LogP contribution >= 0.6 is 0 Å². The van der Waals surface area contributed by atoms with Gasteiger partial charge in [-0.1, -0.05) is 72.8 Å². The number of hydrogen-bond acceptors (Lipinski definition) is 4. The second-order valence-corrected chi connectivity index (χ2v) is 7.95. The van der Waals surface area contributed by atoms with Gasteiger partial charge in [-0.25, -0.2) is 14.6 Å². The highest BCUT2D eigenvalue weighted by Crippen LogP contribution is 2.26. The summed E-state index contributed by atoms with van der Waals surface area (Å²) in [6, 6.07) is 22.2. The topological polar surface area (TPSA) is 98.2 Å². The number of rotatable bonds is 7. The highest BCUT2D eigenvalue weighted by Gasteiger charge is 2.43. The summed E-state index contributed by atoms with van der Waals surface area (Å²) in [7, 11) is 1.36. The zero-order chi connectivity index (χ0) is 24.2. The first-order chi connectivity index (χ1) is 16.4. The first kappa shape index (κ1) is 22.7. The number of hydrazine groups is 1. The van der Waals surface area contributed by atoms with Crippen LogP contribution in [0.5, 0.6) is 0 Å². The van der Waals surface area contributed by atoms with Crippen LogP contribution in [0.25, 0.3) is 0 Å². The van der Waals surface area contributed by atoms with Gasteiger partial charge in [-0.2, -0.15) is 5.01 Å². The maximum absolute atomic E-state index is 13.7. The van der Waals surface area contributed by atoms with E-state index in [0.717, 1.165) is 20.5 Å². The zero-order valence-electron chi connectivity index (χ0n) is 18.5. The largest absolute Gasteiger partial charge is 0.480 e. The van der Waals surface area contributed by atoms with Crippen LogP contribution < -0.4 is 0 Å². The molecule has 172 valence electrons. The molecule has 0 spiro atoms. The first-order valence-electron chi connectivity index (χ1n) is 10.7. The Balaban J connectivity index is 1.68. The van der Waals surface area contributed by atoms with Crippen LogP contribution in [-0.2, 0) is 17.8 Å². The van der Waals surface area contributed by atoms with Crippen molar-refractivity contribution in [3.63, 3.8) is 0 Å². The molecule has 34 heavy (non-hydrogen) atoms. The molecule has 0 bridgehead atoms. The molecule has 1 aliphatic rings. The number of imide groups is 1. The van der Waals surface area contributed by atoms with E-state index in [9.17, 15) is 24.3 Å². The minimum atomic E-state index is -1.21. The standard InChI is InChI=1S/C26H23N3O5/c1-27(22(25(32)33)16-18-10-4-2-5-11-18)26(34)28(17-19-12-6-3-7-13-19)29-23(30)20-14-8-9-15-21(20)24(29)31/h2-15,22H,16-17H2,1H3,(H,32,33). The molecule has 0 radical (unpaired) electrons.